The van der Waals surface area contributed by atoms with Gasteiger partial charge in [-0.1, -0.05) is 36.7 Å². The van der Waals surface area contributed by atoms with Crippen LogP contribution in [0.1, 0.15) is 31.9 Å². The van der Waals surface area contributed by atoms with E-state index in [4.69, 9.17) is 16.3 Å². The maximum atomic E-state index is 11.5. The van der Waals surface area contributed by atoms with Crippen LogP contribution < -0.4 is 5.32 Å². The maximum absolute atomic E-state index is 11.5. The number of ether oxygens (including phenoxy) is 1. The Labute approximate surface area is 107 Å². The minimum Gasteiger partial charge on any atom is -0.372 e. The van der Waals surface area contributed by atoms with Crippen molar-refractivity contribution >= 4 is 17.5 Å². The molecule has 0 spiro atoms. The Kier molecular flexibility index (Phi) is 6.01. The molecule has 0 radical (unpaired) electrons. The molecule has 1 rings (SSSR count). The van der Waals surface area contributed by atoms with E-state index in [0.717, 1.165) is 12.0 Å². The zero-order chi connectivity index (χ0) is 12.7. The van der Waals surface area contributed by atoms with Crippen molar-refractivity contribution in [2.45, 2.75) is 26.3 Å². The van der Waals surface area contributed by atoms with Crippen molar-refractivity contribution in [2.24, 2.45) is 0 Å². The number of hydrogen-bond donors (Lipinski definition) is 1. The molecule has 0 heterocycles. The van der Waals surface area contributed by atoms with Crippen LogP contribution in [0.15, 0.2) is 24.3 Å². The zero-order valence-corrected chi connectivity index (χ0v) is 11.0. The summed E-state index contributed by atoms with van der Waals surface area (Å²) in [6.45, 7) is 4.61. The third-order valence-electron chi connectivity index (χ3n) is 2.33. The van der Waals surface area contributed by atoms with E-state index in [1.54, 1.807) is 0 Å². The van der Waals surface area contributed by atoms with Gasteiger partial charge in [-0.3, -0.25) is 4.79 Å². The number of carbonyl (C=O) groups is 1. The van der Waals surface area contributed by atoms with Crippen LogP contribution in [0.5, 0.6) is 0 Å². The van der Waals surface area contributed by atoms with Crippen molar-refractivity contribution in [1.29, 1.82) is 0 Å². The average molecular weight is 256 g/mol. The lowest BCUT2D eigenvalue weighted by molar-refractivity contribution is -0.126. The largest absolute Gasteiger partial charge is 0.372 e. The molecular weight excluding hydrogens is 238 g/mol. The quantitative estimate of drug-likeness (QED) is 0.794. The highest BCUT2D eigenvalue weighted by molar-refractivity contribution is 6.31. The number of hydrogen-bond acceptors (Lipinski definition) is 2. The van der Waals surface area contributed by atoms with Gasteiger partial charge in [-0.2, -0.15) is 0 Å². The molecule has 1 N–H and O–H groups in total. The normalized spacial score (nSPS) is 12.2. The Balaban J connectivity index is 2.46. The number of carbonyl (C=O) groups excluding carboxylic acids is 1. The number of nitrogens with one attached hydrogen (secondary N) is 1. The van der Waals surface area contributed by atoms with Crippen molar-refractivity contribution in [3.05, 3.63) is 34.9 Å². The van der Waals surface area contributed by atoms with E-state index in [1.807, 2.05) is 38.1 Å². The van der Waals surface area contributed by atoms with Gasteiger partial charge in [-0.15, -0.1) is 0 Å². The first kappa shape index (κ1) is 14.0. The van der Waals surface area contributed by atoms with E-state index >= 15 is 0 Å². The topological polar surface area (TPSA) is 38.3 Å². The smallest absolute Gasteiger partial charge is 0.246 e. The fraction of sp³-hybridized carbons (Fsp3) is 0.462. The van der Waals surface area contributed by atoms with Crippen molar-refractivity contribution in [1.82, 2.24) is 5.32 Å². The van der Waals surface area contributed by atoms with E-state index in [0.29, 0.717) is 11.6 Å². The minimum atomic E-state index is -0.120. The van der Waals surface area contributed by atoms with Crippen molar-refractivity contribution in [3.63, 3.8) is 0 Å². The predicted octanol–water partition coefficient (Wildman–Crippen LogP) is 2.94. The van der Waals surface area contributed by atoms with E-state index in [-0.39, 0.29) is 18.6 Å². The van der Waals surface area contributed by atoms with Gasteiger partial charge in [0.05, 0.1) is 6.04 Å². The van der Waals surface area contributed by atoms with Crippen LogP contribution >= 0.6 is 11.6 Å². The van der Waals surface area contributed by atoms with Crippen LogP contribution in [0.2, 0.25) is 5.02 Å². The molecule has 0 aliphatic carbocycles. The molecule has 3 nitrogen and oxygen atoms in total. The fourth-order valence-corrected chi connectivity index (χ4v) is 1.80. The van der Waals surface area contributed by atoms with Crippen LogP contribution in [0.25, 0.3) is 0 Å². The predicted molar refractivity (Wildman–Crippen MR) is 69.1 cm³/mol. The van der Waals surface area contributed by atoms with Gasteiger partial charge in [0.25, 0.3) is 0 Å². The van der Waals surface area contributed by atoms with Crippen molar-refractivity contribution < 1.29 is 9.53 Å². The van der Waals surface area contributed by atoms with Crippen LogP contribution in [0, 0.1) is 0 Å². The third kappa shape index (κ3) is 4.75. The van der Waals surface area contributed by atoms with Crippen LogP contribution in [0.3, 0.4) is 0 Å². The molecular formula is C13H18ClNO2. The molecule has 0 unspecified atom stereocenters. The summed E-state index contributed by atoms with van der Waals surface area (Å²) in [5.41, 5.74) is 0.915. The molecule has 17 heavy (non-hydrogen) atoms. The third-order valence-corrected chi connectivity index (χ3v) is 2.68. The molecule has 4 heteroatoms. The summed E-state index contributed by atoms with van der Waals surface area (Å²) in [6.07, 6.45) is 0.910. The highest BCUT2D eigenvalue weighted by Gasteiger charge is 2.11. The Morgan fingerprint density at radius 1 is 1.47 bits per heavy atom. The number of halogens is 1. The molecule has 0 aliphatic rings. The Hall–Kier alpha value is -1.06. The summed E-state index contributed by atoms with van der Waals surface area (Å²) >= 11 is 6.05. The molecule has 0 aliphatic heterocycles. The van der Waals surface area contributed by atoms with E-state index in [1.165, 1.54) is 0 Å². The second-order valence-electron chi connectivity index (χ2n) is 3.86. The van der Waals surface area contributed by atoms with Crippen LogP contribution in [-0.2, 0) is 9.53 Å². The molecule has 0 saturated heterocycles. The summed E-state index contributed by atoms with van der Waals surface area (Å²) < 4.78 is 5.17. The molecule has 1 atom stereocenters. The summed E-state index contributed by atoms with van der Waals surface area (Å²) in [5, 5.41) is 3.51. The van der Waals surface area contributed by atoms with Crippen molar-refractivity contribution in [2.75, 3.05) is 13.2 Å². The van der Waals surface area contributed by atoms with Crippen LogP contribution in [0.4, 0.5) is 0 Å². The first-order valence-corrected chi connectivity index (χ1v) is 6.14. The number of rotatable bonds is 6. The van der Waals surface area contributed by atoms with E-state index in [2.05, 4.69) is 5.32 Å². The second-order valence-corrected chi connectivity index (χ2v) is 4.27. The lowest BCUT2D eigenvalue weighted by Gasteiger charge is -2.15. The van der Waals surface area contributed by atoms with Gasteiger partial charge in [0.15, 0.2) is 0 Å². The average Bonchev–Trinajstić information content (AvgIpc) is 2.29. The van der Waals surface area contributed by atoms with Crippen molar-refractivity contribution in [3.8, 4) is 0 Å². The van der Waals surface area contributed by atoms with Gasteiger partial charge in [0, 0.05) is 11.6 Å². The number of benzene rings is 1. The lowest BCUT2D eigenvalue weighted by Crippen LogP contribution is -2.30. The van der Waals surface area contributed by atoms with Gasteiger partial charge < -0.3 is 10.1 Å². The maximum Gasteiger partial charge on any atom is 0.246 e. The number of amides is 1. The monoisotopic (exact) mass is 255 g/mol. The highest BCUT2D eigenvalue weighted by Crippen LogP contribution is 2.21. The summed E-state index contributed by atoms with van der Waals surface area (Å²) in [5.74, 6) is -0.120. The summed E-state index contributed by atoms with van der Waals surface area (Å²) in [6, 6.07) is 7.37. The Morgan fingerprint density at radius 2 is 2.18 bits per heavy atom. The van der Waals surface area contributed by atoms with E-state index < -0.39 is 0 Å². The first-order chi connectivity index (χ1) is 8.15. The molecule has 1 amide bonds. The minimum absolute atomic E-state index is 0.0998. The molecule has 0 fully saturated rings. The van der Waals surface area contributed by atoms with Gasteiger partial charge in [0.1, 0.15) is 6.61 Å². The summed E-state index contributed by atoms with van der Waals surface area (Å²) in [7, 11) is 0. The molecule has 0 aromatic heterocycles. The van der Waals surface area contributed by atoms with E-state index in [9.17, 15) is 4.79 Å². The fourth-order valence-electron chi connectivity index (χ4n) is 1.50. The van der Waals surface area contributed by atoms with Crippen LogP contribution in [-0.4, -0.2) is 19.1 Å². The highest BCUT2D eigenvalue weighted by atomic mass is 35.5. The first-order valence-electron chi connectivity index (χ1n) is 5.76. The lowest BCUT2D eigenvalue weighted by atomic mass is 10.1. The standard InChI is InChI=1S/C13H18ClNO2/c1-3-8-17-9-13(16)15-10(2)11-6-4-5-7-12(11)14/h4-7,10H,3,8-9H2,1-2H3,(H,15,16)/t10-/m1/s1. The van der Waals surface area contributed by atoms with Gasteiger partial charge in [-0.05, 0) is 25.0 Å². The molecule has 0 saturated carbocycles. The molecule has 94 valence electrons. The van der Waals surface area contributed by atoms with Gasteiger partial charge >= 0.3 is 0 Å². The SMILES string of the molecule is CCCOCC(=O)N[C@H](C)c1ccccc1Cl. The second kappa shape index (κ2) is 7.30. The Morgan fingerprint density at radius 3 is 2.82 bits per heavy atom. The van der Waals surface area contributed by atoms with Gasteiger partial charge in [0.2, 0.25) is 5.91 Å². The Bertz CT molecular complexity index is 368. The molecule has 1 aromatic rings. The summed E-state index contributed by atoms with van der Waals surface area (Å²) in [4.78, 5) is 11.5. The molecule has 1 aromatic carbocycles. The zero-order valence-electron chi connectivity index (χ0n) is 10.2. The molecule has 0 bridgehead atoms. The van der Waals surface area contributed by atoms with Gasteiger partial charge in [-0.25, -0.2) is 0 Å².